The number of fused-ring (bicyclic) bond motifs is 1. The van der Waals surface area contributed by atoms with Crippen LogP contribution in [0, 0.1) is 0 Å². The van der Waals surface area contributed by atoms with Crippen LogP contribution in [0.1, 0.15) is 18.8 Å². The van der Waals surface area contributed by atoms with Gasteiger partial charge in [0.15, 0.2) is 5.75 Å². The summed E-state index contributed by atoms with van der Waals surface area (Å²) in [7, 11) is -2.62. The molecule has 0 aliphatic rings. The standard InChI is InChI=1S/C12H15N3O4S/c1-8(15-20(17,18)7-11(16)19-2)12-13-9-5-3-4-6-10(9)14-12/h3-6,8,15H,7H2,1-2H3,(H,13,14). The molecule has 0 aliphatic heterocycles. The summed E-state index contributed by atoms with van der Waals surface area (Å²) < 4.78 is 30.2. The van der Waals surface area contributed by atoms with Crippen LogP contribution >= 0.6 is 0 Å². The summed E-state index contributed by atoms with van der Waals surface area (Å²) in [4.78, 5) is 18.3. The Hall–Kier alpha value is -1.93. The number of nitrogens with zero attached hydrogens (tertiary/aromatic N) is 1. The topological polar surface area (TPSA) is 101 Å². The Balaban J connectivity index is 2.15. The van der Waals surface area contributed by atoms with E-state index in [9.17, 15) is 13.2 Å². The SMILES string of the molecule is COC(=O)CS(=O)(=O)NC(C)c1nc2ccccc2[nH]1. The lowest BCUT2D eigenvalue weighted by Gasteiger charge is -2.11. The van der Waals surface area contributed by atoms with Gasteiger partial charge in [-0.15, -0.1) is 0 Å². The molecule has 8 heteroatoms. The number of hydrogen-bond donors (Lipinski definition) is 2. The van der Waals surface area contributed by atoms with Crippen molar-refractivity contribution >= 4 is 27.0 Å². The van der Waals surface area contributed by atoms with Crippen molar-refractivity contribution in [1.29, 1.82) is 0 Å². The molecule has 1 unspecified atom stereocenters. The van der Waals surface area contributed by atoms with Crippen molar-refractivity contribution in [1.82, 2.24) is 14.7 Å². The number of H-pyrrole nitrogens is 1. The highest BCUT2D eigenvalue weighted by molar-refractivity contribution is 7.90. The van der Waals surface area contributed by atoms with Crippen molar-refractivity contribution in [3.05, 3.63) is 30.1 Å². The van der Waals surface area contributed by atoms with Gasteiger partial charge in [-0.1, -0.05) is 12.1 Å². The maximum Gasteiger partial charge on any atom is 0.322 e. The van der Waals surface area contributed by atoms with Crippen LogP contribution in [-0.2, 0) is 19.6 Å². The van der Waals surface area contributed by atoms with Gasteiger partial charge in [0.25, 0.3) is 0 Å². The van der Waals surface area contributed by atoms with E-state index in [0.717, 1.165) is 18.1 Å². The van der Waals surface area contributed by atoms with Crippen LogP contribution in [0.4, 0.5) is 0 Å². The fourth-order valence-electron chi connectivity index (χ4n) is 1.76. The molecule has 0 fully saturated rings. The summed E-state index contributed by atoms with van der Waals surface area (Å²) >= 11 is 0. The highest BCUT2D eigenvalue weighted by Gasteiger charge is 2.21. The fourth-order valence-corrected chi connectivity index (χ4v) is 2.92. The summed E-state index contributed by atoms with van der Waals surface area (Å²) in [6.07, 6.45) is 0. The van der Waals surface area contributed by atoms with Gasteiger partial charge in [0.1, 0.15) is 5.82 Å². The number of rotatable bonds is 5. The molecule has 1 aromatic carbocycles. The molecule has 2 rings (SSSR count). The molecule has 0 amide bonds. The quantitative estimate of drug-likeness (QED) is 0.792. The fraction of sp³-hybridized carbons (Fsp3) is 0.333. The van der Waals surface area contributed by atoms with Gasteiger partial charge in [-0.3, -0.25) is 4.79 Å². The molecule has 0 bridgehead atoms. The van der Waals surface area contributed by atoms with Crippen LogP contribution in [0.5, 0.6) is 0 Å². The summed E-state index contributed by atoms with van der Waals surface area (Å²) in [6, 6.07) is 6.80. The van der Waals surface area contributed by atoms with Gasteiger partial charge in [-0.05, 0) is 19.1 Å². The normalized spacial score (nSPS) is 13.3. The van der Waals surface area contributed by atoms with Gasteiger partial charge in [0.05, 0.1) is 24.2 Å². The minimum Gasteiger partial charge on any atom is -0.468 e. The maximum absolute atomic E-state index is 11.7. The number of hydrogen-bond acceptors (Lipinski definition) is 5. The number of nitrogens with one attached hydrogen (secondary N) is 2. The summed E-state index contributed by atoms with van der Waals surface area (Å²) in [5.41, 5.74) is 1.57. The number of aromatic amines is 1. The number of methoxy groups -OCH3 is 1. The predicted octanol–water partition coefficient (Wildman–Crippen LogP) is 0.716. The molecule has 0 saturated carbocycles. The van der Waals surface area contributed by atoms with E-state index in [2.05, 4.69) is 19.4 Å². The van der Waals surface area contributed by atoms with Gasteiger partial charge in [-0.2, -0.15) is 0 Å². The number of esters is 1. The molecule has 7 nitrogen and oxygen atoms in total. The number of sulfonamides is 1. The molecule has 2 aromatic rings. The molecular formula is C12H15N3O4S. The Labute approximate surface area is 116 Å². The van der Waals surface area contributed by atoms with Crippen molar-refractivity contribution in [2.45, 2.75) is 13.0 Å². The van der Waals surface area contributed by atoms with Crippen molar-refractivity contribution in [2.24, 2.45) is 0 Å². The monoisotopic (exact) mass is 297 g/mol. The lowest BCUT2D eigenvalue weighted by Crippen LogP contribution is -2.33. The third-order valence-corrected chi connectivity index (χ3v) is 4.04. The highest BCUT2D eigenvalue weighted by Crippen LogP contribution is 2.16. The van der Waals surface area contributed by atoms with Crippen LogP contribution in [0.25, 0.3) is 11.0 Å². The molecule has 0 saturated heterocycles. The lowest BCUT2D eigenvalue weighted by atomic mass is 10.3. The second-order valence-corrected chi connectivity index (χ2v) is 6.07. The second kappa shape index (κ2) is 5.59. The van der Waals surface area contributed by atoms with Gasteiger partial charge in [0.2, 0.25) is 10.0 Å². The maximum atomic E-state index is 11.7. The molecule has 1 heterocycles. The van der Waals surface area contributed by atoms with E-state index < -0.39 is 27.8 Å². The zero-order chi connectivity index (χ0) is 14.8. The smallest absolute Gasteiger partial charge is 0.322 e. The Morgan fingerprint density at radius 1 is 1.45 bits per heavy atom. The third kappa shape index (κ3) is 3.34. The molecule has 0 radical (unpaired) electrons. The van der Waals surface area contributed by atoms with Crippen LogP contribution in [-0.4, -0.2) is 37.2 Å². The second-order valence-electron chi connectivity index (χ2n) is 4.31. The van der Waals surface area contributed by atoms with Gasteiger partial charge in [0, 0.05) is 0 Å². The molecule has 1 atom stereocenters. The van der Waals surface area contributed by atoms with Crippen LogP contribution in [0.2, 0.25) is 0 Å². The minimum absolute atomic E-state index is 0.486. The number of aromatic nitrogens is 2. The van der Waals surface area contributed by atoms with Crippen LogP contribution in [0.15, 0.2) is 24.3 Å². The number of carbonyl (C=O) groups excluding carboxylic acids is 1. The zero-order valence-corrected chi connectivity index (χ0v) is 11.9. The van der Waals surface area contributed by atoms with Crippen molar-refractivity contribution in [3.63, 3.8) is 0 Å². The Bertz CT molecular complexity index is 690. The number of carbonyl (C=O) groups is 1. The predicted molar refractivity (Wildman–Crippen MR) is 73.4 cm³/mol. The number of ether oxygens (including phenoxy) is 1. The Morgan fingerprint density at radius 2 is 2.15 bits per heavy atom. The first-order valence-corrected chi connectivity index (χ1v) is 7.58. The molecule has 2 N–H and O–H groups in total. The van der Waals surface area contributed by atoms with Crippen molar-refractivity contribution in [3.8, 4) is 0 Å². The zero-order valence-electron chi connectivity index (χ0n) is 11.1. The first-order valence-electron chi connectivity index (χ1n) is 5.93. The summed E-state index contributed by atoms with van der Waals surface area (Å²) in [5, 5.41) is 0. The number of benzene rings is 1. The number of imidazole rings is 1. The van der Waals surface area contributed by atoms with E-state index in [1.54, 1.807) is 6.92 Å². The minimum atomic E-state index is -3.76. The van der Waals surface area contributed by atoms with E-state index in [1.165, 1.54) is 0 Å². The highest BCUT2D eigenvalue weighted by atomic mass is 32.2. The Morgan fingerprint density at radius 3 is 2.80 bits per heavy atom. The molecule has 0 aliphatic carbocycles. The van der Waals surface area contributed by atoms with E-state index in [-0.39, 0.29) is 0 Å². The van der Waals surface area contributed by atoms with E-state index >= 15 is 0 Å². The largest absolute Gasteiger partial charge is 0.468 e. The van der Waals surface area contributed by atoms with Gasteiger partial charge < -0.3 is 9.72 Å². The first kappa shape index (κ1) is 14.5. The summed E-state index contributed by atoms with van der Waals surface area (Å²) in [5.74, 6) is -1.04. The third-order valence-electron chi connectivity index (χ3n) is 2.71. The van der Waals surface area contributed by atoms with Crippen molar-refractivity contribution < 1.29 is 17.9 Å². The molecule has 1 aromatic heterocycles. The summed E-state index contributed by atoms with van der Waals surface area (Å²) in [6.45, 7) is 1.65. The van der Waals surface area contributed by atoms with E-state index in [4.69, 9.17) is 0 Å². The first-order chi connectivity index (χ1) is 9.41. The average Bonchev–Trinajstić information content (AvgIpc) is 2.81. The van der Waals surface area contributed by atoms with Crippen LogP contribution < -0.4 is 4.72 Å². The Kier molecular flexibility index (Phi) is 4.05. The molecule has 108 valence electrons. The number of para-hydroxylation sites is 2. The van der Waals surface area contributed by atoms with Gasteiger partial charge in [-0.25, -0.2) is 18.1 Å². The molecule has 20 heavy (non-hydrogen) atoms. The average molecular weight is 297 g/mol. The van der Waals surface area contributed by atoms with Crippen LogP contribution in [0.3, 0.4) is 0 Å². The lowest BCUT2D eigenvalue weighted by molar-refractivity contribution is -0.137. The van der Waals surface area contributed by atoms with Crippen molar-refractivity contribution in [2.75, 3.05) is 12.9 Å². The van der Waals surface area contributed by atoms with E-state index in [0.29, 0.717) is 5.82 Å². The molecular weight excluding hydrogens is 282 g/mol. The van der Waals surface area contributed by atoms with Gasteiger partial charge >= 0.3 is 5.97 Å². The van der Waals surface area contributed by atoms with E-state index in [1.807, 2.05) is 24.3 Å². The molecule has 0 spiro atoms.